The minimum Gasteiger partial charge on any atom is -0.478 e. The summed E-state index contributed by atoms with van der Waals surface area (Å²) in [6.07, 6.45) is 3.08. The molecule has 2 rings (SSSR count). The molecule has 1 aliphatic rings. The fourth-order valence-corrected chi connectivity index (χ4v) is 3.25. The van der Waals surface area contributed by atoms with Gasteiger partial charge in [0.15, 0.2) is 0 Å². The SMILES string of the molecule is CC(C)(C)OC(=O)N(Cc1ccc(C(=O)O)cc1)[C@H]1CC[C@H](CO)CC1. The first-order chi connectivity index (χ1) is 12.2. The molecule has 2 N–H and O–H groups in total. The van der Waals surface area contributed by atoms with Crippen molar-refractivity contribution in [2.75, 3.05) is 6.61 Å². The van der Waals surface area contributed by atoms with Gasteiger partial charge in [0.25, 0.3) is 0 Å². The highest BCUT2D eigenvalue weighted by Gasteiger charge is 2.31. The quantitative estimate of drug-likeness (QED) is 0.833. The average molecular weight is 363 g/mol. The largest absolute Gasteiger partial charge is 0.478 e. The zero-order valence-corrected chi connectivity index (χ0v) is 15.8. The maximum atomic E-state index is 12.7. The first-order valence-corrected chi connectivity index (χ1v) is 9.12. The number of carbonyl (C=O) groups is 2. The summed E-state index contributed by atoms with van der Waals surface area (Å²) < 4.78 is 5.58. The second-order valence-electron chi connectivity index (χ2n) is 7.97. The highest BCUT2D eigenvalue weighted by Crippen LogP contribution is 2.29. The summed E-state index contributed by atoms with van der Waals surface area (Å²) in [5.41, 5.74) is 0.510. The number of benzene rings is 1. The number of aliphatic hydroxyl groups is 1. The molecule has 1 saturated carbocycles. The number of amides is 1. The molecule has 6 heteroatoms. The number of carboxylic acid groups (broad SMARTS) is 1. The second kappa shape index (κ2) is 8.54. The number of aromatic carboxylic acids is 1. The van der Waals surface area contributed by atoms with Crippen LogP contribution in [0.3, 0.4) is 0 Å². The molecule has 144 valence electrons. The van der Waals surface area contributed by atoms with Gasteiger partial charge in [-0.25, -0.2) is 9.59 Å². The van der Waals surface area contributed by atoms with Crippen molar-refractivity contribution in [3.63, 3.8) is 0 Å². The van der Waals surface area contributed by atoms with Crippen LogP contribution in [0.4, 0.5) is 4.79 Å². The molecule has 0 heterocycles. The van der Waals surface area contributed by atoms with Crippen LogP contribution in [0.15, 0.2) is 24.3 Å². The lowest BCUT2D eigenvalue weighted by molar-refractivity contribution is 0.00668. The number of rotatable bonds is 5. The first-order valence-electron chi connectivity index (χ1n) is 9.12. The molecule has 6 nitrogen and oxygen atoms in total. The first kappa shape index (κ1) is 20.2. The van der Waals surface area contributed by atoms with Crippen molar-refractivity contribution in [1.29, 1.82) is 0 Å². The van der Waals surface area contributed by atoms with Gasteiger partial charge < -0.3 is 19.8 Å². The smallest absolute Gasteiger partial charge is 0.410 e. The zero-order valence-electron chi connectivity index (χ0n) is 15.8. The molecule has 0 bridgehead atoms. The maximum absolute atomic E-state index is 12.7. The number of hydrogen-bond acceptors (Lipinski definition) is 4. The normalized spacial score (nSPS) is 20.5. The Morgan fingerprint density at radius 1 is 1.12 bits per heavy atom. The summed E-state index contributed by atoms with van der Waals surface area (Å²) in [4.78, 5) is 25.5. The number of carbonyl (C=O) groups excluding carboxylic acids is 1. The van der Waals surface area contributed by atoms with Crippen molar-refractivity contribution >= 4 is 12.1 Å². The number of hydrogen-bond donors (Lipinski definition) is 2. The van der Waals surface area contributed by atoms with Crippen molar-refractivity contribution in [2.24, 2.45) is 5.92 Å². The van der Waals surface area contributed by atoms with Crippen LogP contribution in [0.25, 0.3) is 0 Å². The van der Waals surface area contributed by atoms with E-state index in [2.05, 4.69) is 0 Å². The molecule has 1 aliphatic carbocycles. The minimum atomic E-state index is -0.970. The highest BCUT2D eigenvalue weighted by molar-refractivity contribution is 5.87. The lowest BCUT2D eigenvalue weighted by Crippen LogP contribution is -2.44. The van der Waals surface area contributed by atoms with Crippen molar-refractivity contribution < 1.29 is 24.5 Å². The molecule has 0 atom stereocenters. The van der Waals surface area contributed by atoms with Crippen molar-refractivity contribution in [3.05, 3.63) is 35.4 Å². The molecule has 1 fully saturated rings. The number of nitrogens with zero attached hydrogens (tertiary/aromatic N) is 1. The third kappa shape index (κ3) is 5.73. The monoisotopic (exact) mass is 363 g/mol. The van der Waals surface area contributed by atoms with Gasteiger partial charge in [0.05, 0.1) is 5.56 Å². The molecular formula is C20H29NO5. The van der Waals surface area contributed by atoms with Gasteiger partial charge >= 0.3 is 12.1 Å². The summed E-state index contributed by atoms with van der Waals surface area (Å²) in [7, 11) is 0. The summed E-state index contributed by atoms with van der Waals surface area (Å²) >= 11 is 0. The Morgan fingerprint density at radius 3 is 2.15 bits per heavy atom. The predicted molar refractivity (Wildman–Crippen MR) is 98.0 cm³/mol. The van der Waals surface area contributed by atoms with E-state index < -0.39 is 11.6 Å². The van der Waals surface area contributed by atoms with Gasteiger partial charge in [-0.2, -0.15) is 0 Å². The molecule has 0 aromatic heterocycles. The van der Waals surface area contributed by atoms with Gasteiger partial charge in [0, 0.05) is 19.2 Å². The molecule has 1 aromatic rings. The fraction of sp³-hybridized carbons (Fsp3) is 0.600. The molecule has 0 radical (unpaired) electrons. The summed E-state index contributed by atoms with van der Waals surface area (Å²) in [5.74, 6) is -0.663. The Kier molecular flexibility index (Phi) is 6.64. The lowest BCUT2D eigenvalue weighted by Gasteiger charge is -2.37. The molecule has 0 spiro atoms. The van der Waals surface area contributed by atoms with E-state index >= 15 is 0 Å². The molecular weight excluding hydrogens is 334 g/mol. The van der Waals surface area contributed by atoms with Crippen LogP contribution < -0.4 is 0 Å². The molecule has 0 aliphatic heterocycles. The predicted octanol–water partition coefficient (Wildman–Crippen LogP) is 3.67. The Morgan fingerprint density at radius 2 is 1.69 bits per heavy atom. The third-order valence-corrected chi connectivity index (χ3v) is 4.70. The van der Waals surface area contributed by atoms with E-state index in [0.29, 0.717) is 12.5 Å². The number of aliphatic hydroxyl groups excluding tert-OH is 1. The lowest BCUT2D eigenvalue weighted by atomic mass is 9.86. The third-order valence-electron chi connectivity index (χ3n) is 4.70. The van der Waals surface area contributed by atoms with Crippen LogP contribution in [0.1, 0.15) is 62.4 Å². The average Bonchev–Trinajstić information content (AvgIpc) is 2.58. The van der Waals surface area contributed by atoms with Crippen LogP contribution in [0.2, 0.25) is 0 Å². The second-order valence-corrected chi connectivity index (χ2v) is 7.97. The van der Waals surface area contributed by atoms with Crippen LogP contribution in [-0.4, -0.2) is 45.4 Å². The molecule has 1 amide bonds. The Balaban J connectivity index is 2.14. The van der Waals surface area contributed by atoms with Crippen LogP contribution in [-0.2, 0) is 11.3 Å². The topological polar surface area (TPSA) is 87.1 Å². The van der Waals surface area contributed by atoms with Crippen molar-refractivity contribution in [2.45, 2.75) is 64.6 Å². The van der Waals surface area contributed by atoms with Crippen molar-refractivity contribution in [1.82, 2.24) is 4.90 Å². The van der Waals surface area contributed by atoms with Gasteiger partial charge in [-0.15, -0.1) is 0 Å². The Hall–Kier alpha value is -2.08. The molecule has 1 aromatic carbocycles. The van der Waals surface area contributed by atoms with E-state index in [9.17, 15) is 14.7 Å². The van der Waals surface area contributed by atoms with Crippen LogP contribution in [0, 0.1) is 5.92 Å². The van der Waals surface area contributed by atoms with E-state index in [1.54, 1.807) is 29.2 Å². The molecule has 0 saturated heterocycles. The van der Waals surface area contributed by atoms with Gasteiger partial charge in [0.1, 0.15) is 5.60 Å². The van der Waals surface area contributed by atoms with Gasteiger partial charge in [-0.05, 0) is 70.1 Å². The van der Waals surface area contributed by atoms with E-state index in [4.69, 9.17) is 9.84 Å². The fourth-order valence-electron chi connectivity index (χ4n) is 3.25. The van der Waals surface area contributed by atoms with E-state index in [-0.39, 0.29) is 24.3 Å². The number of carboxylic acids is 1. The Bertz CT molecular complexity index is 612. The van der Waals surface area contributed by atoms with Gasteiger partial charge in [-0.1, -0.05) is 12.1 Å². The Labute approximate surface area is 154 Å². The van der Waals surface area contributed by atoms with Crippen LogP contribution in [0.5, 0.6) is 0 Å². The van der Waals surface area contributed by atoms with Crippen LogP contribution >= 0.6 is 0 Å². The standard InChI is InChI=1S/C20H29NO5/c1-20(2,3)26-19(25)21(17-10-6-15(13-22)7-11-17)12-14-4-8-16(9-5-14)18(23)24/h4-5,8-9,15,17,22H,6-7,10-13H2,1-3H3,(H,23,24)/t15-,17-. The summed E-state index contributed by atoms with van der Waals surface area (Å²) in [5, 5.41) is 18.4. The summed E-state index contributed by atoms with van der Waals surface area (Å²) in [6.45, 7) is 6.09. The van der Waals surface area contributed by atoms with E-state index in [1.807, 2.05) is 20.8 Å². The number of ether oxygens (including phenoxy) is 1. The molecule has 26 heavy (non-hydrogen) atoms. The van der Waals surface area contributed by atoms with E-state index in [1.165, 1.54) is 0 Å². The minimum absolute atomic E-state index is 0.0619. The highest BCUT2D eigenvalue weighted by atomic mass is 16.6. The maximum Gasteiger partial charge on any atom is 0.410 e. The van der Waals surface area contributed by atoms with Gasteiger partial charge in [0.2, 0.25) is 0 Å². The summed E-state index contributed by atoms with van der Waals surface area (Å²) in [6, 6.07) is 6.63. The van der Waals surface area contributed by atoms with E-state index in [0.717, 1.165) is 31.2 Å². The van der Waals surface area contributed by atoms with Crippen molar-refractivity contribution in [3.8, 4) is 0 Å². The molecule has 0 unspecified atom stereocenters. The van der Waals surface area contributed by atoms with Gasteiger partial charge in [-0.3, -0.25) is 0 Å². The zero-order chi connectivity index (χ0) is 19.3.